The number of hydroxylamine groups is 1. The third-order valence-electron chi connectivity index (χ3n) is 5.31. The molecule has 0 fully saturated rings. The van der Waals surface area contributed by atoms with Crippen molar-refractivity contribution < 1.29 is 24.3 Å². The van der Waals surface area contributed by atoms with Gasteiger partial charge >= 0.3 is 5.97 Å². The first kappa shape index (κ1) is 27.4. The smallest absolute Gasteiger partial charge is 0.329 e. The second-order valence-corrected chi connectivity index (χ2v) is 8.63. The van der Waals surface area contributed by atoms with Crippen molar-refractivity contribution in [3.63, 3.8) is 0 Å². The summed E-state index contributed by atoms with van der Waals surface area (Å²) in [4.78, 5) is 38.5. The zero-order chi connectivity index (χ0) is 24.1. The molecule has 0 heterocycles. The molecule has 0 saturated heterocycles. The van der Waals surface area contributed by atoms with Crippen LogP contribution in [0.5, 0.6) is 0 Å². The lowest BCUT2D eigenvalue weighted by atomic mass is 9.82. The SMILES string of the molecule is C=CC[C@H](C(=O)NO)[C@@H](CC(C)C)C(=O)NC(Cc1ccccc1)C(=O)OC(C)CCC. The van der Waals surface area contributed by atoms with E-state index >= 15 is 0 Å². The molecule has 7 heteroatoms. The van der Waals surface area contributed by atoms with E-state index in [2.05, 4.69) is 11.9 Å². The van der Waals surface area contributed by atoms with Crippen molar-refractivity contribution in [2.45, 2.75) is 71.9 Å². The van der Waals surface area contributed by atoms with E-state index < -0.39 is 35.7 Å². The molecule has 1 rings (SSSR count). The molecule has 0 aliphatic carbocycles. The van der Waals surface area contributed by atoms with E-state index in [1.54, 1.807) is 11.6 Å². The first-order valence-electron chi connectivity index (χ1n) is 11.3. The van der Waals surface area contributed by atoms with Crippen molar-refractivity contribution in [1.29, 1.82) is 0 Å². The Morgan fingerprint density at radius 1 is 1.09 bits per heavy atom. The topological polar surface area (TPSA) is 105 Å². The highest BCUT2D eigenvalue weighted by atomic mass is 16.5. The monoisotopic (exact) mass is 446 g/mol. The summed E-state index contributed by atoms with van der Waals surface area (Å²) in [5, 5.41) is 12.0. The second-order valence-electron chi connectivity index (χ2n) is 8.63. The predicted molar refractivity (Wildman–Crippen MR) is 124 cm³/mol. The van der Waals surface area contributed by atoms with Gasteiger partial charge in [-0.3, -0.25) is 14.8 Å². The van der Waals surface area contributed by atoms with Gasteiger partial charge in [0.25, 0.3) is 0 Å². The Kier molecular flexibility index (Phi) is 12.3. The fourth-order valence-electron chi connectivity index (χ4n) is 3.75. The van der Waals surface area contributed by atoms with Crippen molar-refractivity contribution in [3.05, 3.63) is 48.6 Å². The van der Waals surface area contributed by atoms with E-state index in [1.165, 1.54) is 0 Å². The minimum absolute atomic E-state index is 0.119. The number of nitrogens with one attached hydrogen (secondary N) is 2. The minimum atomic E-state index is -0.888. The summed E-state index contributed by atoms with van der Waals surface area (Å²) in [5.41, 5.74) is 2.54. The summed E-state index contributed by atoms with van der Waals surface area (Å²) < 4.78 is 5.57. The van der Waals surface area contributed by atoms with Crippen molar-refractivity contribution in [1.82, 2.24) is 10.8 Å². The van der Waals surface area contributed by atoms with Gasteiger partial charge in [-0.25, -0.2) is 10.3 Å². The van der Waals surface area contributed by atoms with Crippen LogP contribution < -0.4 is 10.8 Å². The van der Waals surface area contributed by atoms with Gasteiger partial charge in [-0.05, 0) is 37.7 Å². The number of carbonyl (C=O) groups is 3. The molecule has 0 aromatic heterocycles. The van der Waals surface area contributed by atoms with Crippen LogP contribution in [0.25, 0.3) is 0 Å². The third kappa shape index (κ3) is 9.22. The molecule has 3 N–H and O–H groups in total. The van der Waals surface area contributed by atoms with E-state index in [-0.39, 0.29) is 24.9 Å². The van der Waals surface area contributed by atoms with Gasteiger partial charge in [-0.1, -0.05) is 63.6 Å². The summed E-state index contributed by atoms with van der Waals surface area (Å²) >= 11 is 0. The molecule has 7 nitrogen and oxygen atoms in total. The molecule has 0 bridgehead atoms. The minimum Gasteiger partial charge on any atom is -0.461 e. The van der Waals surface area contributed by atoms with Crippen LogP contribution in [0.4, 0.5) is 0 Å². The van der Waals surface area contributed by atoms with Crippen LogP contribution in [-0.2, 0) is 25.5 Å². The average Bonchev–Trinajstić information content (AvgIpc) is 2.75. The highest BCUT2D eigenvalue weighted by molar-refractivity contribution is 5.90. The Morgan fingerprint density at radius 3 is 2.28 bits per heavy atom. The predicted octanol–water partition coefficient (Wildman–Crippen LogP) is 3.81. The highest BCUT2D eigenvalue weighted by Gasteiger charge is 2.35. The van der Waals surface area contributed by atoms with Gasteiger partial charge in [-0.2, -0.15) is 0 Å². The Labute approximate surface area is 191 Å². The molecule has 2 amide bonds. The van der Waals surface area contributed by atoms with E-state index in [0.29, 0.717) is 6.42 Å². The van der Waals surface area contributed by atoms with Gasteiger partial charge in [0.15, 0.2) is 0 Å². The van der Waals surface area contributed by atoms with Crippen LogP contribution in [0, 0.1) is 17.8 Å². The summed E-state index contributed by atoms with van der Waals surface area (Å²) in [6.45, 7) is 11.4. The summed E-state index contributed by atoms with van der Waals surface area (Å²) in [6.07, 6.45) is 3.80. The number of hydrogen-bond acceptors (Lipinski definition) is 5. The first-order chi connectivity index (χ1) is 15.2. The molecular weight excluding hydrogens is 408 g/mol. The van der Waals surface area contributed by atoms with E-state index in [9.17, 15) is 19.6 Å². The maximum Gasteiger partial charge on any atom is 0.329 e. The van der Waals surface area contributed by atoms with Crippen LogP contribution in [0.1, 0.15) is 58.9 Å². The van der Waals surface area contributed by atoms with Gasteiger partial charge in [0.1, 0.15) is 6.04 Å². The first-order valence-corrected chi connectivity index (χ1v) is 11.3. The maximum atomic E-state index is 13.3. The Bertz CT molecular complexity index is 735. The van der Waals surface area contributed by atoms with Gasteiger partial charge in [0.2, 0.25) is 11.8 Å². The van der Waals surface area contributed by atoms with Crippen molar-refractivity contribution in [2.75, 3.05) is 0 Å². The number of ether oxygens (including phenoxy) is 1. The average molecular weight is 447 g/mol. The van der Waals surface area contributed by atoms with Crippen LogP contribution in [0.3, 0.4) is 0 Å². The number of amides is 2. The Hall–Kier alpha value is -2.67. The van der Waals surface area contributed by atoms with Gasteiger partial charge in [0, 0.05) is 6.42 Å². The lowest BCUT2D eigenvalue weighted by Crippen LogP contribution is -2.49. The number of benzene rings is 1. The number of esters is 1. The zero-order valence-electron chi connectivity index (χ0n) is 19.7. The normalized spacial score (nSPS) is 14.7. The molecule has 2 unspecified atom stereocenters. The molecule has 1 aromatic carbocycles. The molecular formula is C25H38N2O5. The Balaban J connectivity index is 3.15. The standard InChI is InChI=1S/C25H38N2O5/c1-6-11-18(5)32-25(30)22(16-19-13-9-8-10-14-19)26-23(28)21(15-17(3)4)20(12-7-2)24(29)27-31/h7-10,13-14,17-18,20-22,31H,2,6,11-12,15-16H2,1,3-5H3,(H,26,28)(H,27,29)/t18?,20-,21+,22?/m0/s1. The number of allylic oxidation sites excluding steroid dienone is 1. The molecule has 32 heavy (non-hydrogen) atoms. The highest BCUT2D eigenvalue weighted by Crippen LogP contribution is 2.25. The molecule has 0 aliphatic rings. The fourth-order valence-corrected chi connectivity index (χ4v) is 3.75. The number of carbonyl (C=O) groups excluding carboxylic acids is 3. The fraction of sp³-hybridized carbons (Fsp3) is 0.560. The van der Waals surface area contributed by atoms with Crippen LogP contribution in [-0.4, -0.2) is 35.1 Å². The van der Waals surface area contributed by atoms with Crippen molar-refractivity contribution in [3.8, 4) is 0 Å². The summed E-state index contributed by atoms with van der Waals surface area (Å²) in [6, 6.07) is 8.49. The molecule has 0 saturated carbocycles. The second kappa shape index (κ2) is 14.4. The molecule has 1 aromatic rings. The third-order valence-corrected chi connectivity index (χ3v) is 5.31. The quantitative estimate of drug-likeness (QED) is 0.174. The van der Waals surface area contributed by atoms with E-state index in [4.69, 9.17) is 4.74 Å². The zero-order valence-corrected chi connectivity index (χ0v) is 19.7. The largest absolute Gasteiger partial charge is 0.461 e. The van der Waals surface area contributed by atoms with Crippen LogP contribution in [0.15, 0.2) is 43.0 Å². The Morgan fingerprint density at radius 2 is 1.75 bits per heavy atom. The molecule has 178 valence electrons. The molecule has 0 radical (unpaired) electrons. The lowest BCUT2D eigenvalue weighted by molar-refractivity contribution is -0.153. The molecule has 4 atom stereocenters. The van der Waals surface area contributed by atoms with Crippen LogP contribution >= 0.6 is 0 Å². The van der Waals surface area contributed by atoms with Gasteiger partial charge in [0.05, 0.1) is 17.9 Å². The summed E-state index contributed by atoms with van der Waals surface area (Å²) in [5.74, 6) is -2.99. The van der Waals surface area contributed by atoms with Crippen LogP contribution in [0.2, 0.25) is 0 Å². The van der Waals surface area contributed by atoms with Gasteiger partial charge < -0.3 is 10.1 Å². The summed E-state index contributed by atoms with van der Waals surface area (Å²) in [7, 11) is 0. The van der Waals surface area contributed by atoms with Gasteiger partial charge in [-0.15, -0.1) is 6.58 Å². The molecule has 0 spiro atoms. The van der Waals surface area contributed by atoms with Crippen molar-refractivity contribution >= 4 is 17.8 Å². The lowest BCUT2D eigenvalue weighted by Gasteiger charge is -2.28. The van der Waals surface area contributed by atoms with E-state index in [0.717, 1.165) is 18.4 Å². The van der Waals surface area contributed by atoms with Crippen molar-refractivity contribution in [2.24, 2.45) is 17.8 Å². The number of rotatable bonds is 14. The number of hydrogen-bond donors (Lipinski definition) is 3. The molecule has 0 aliphatic heterocycles. The maximum absolute atomic E-state index is 13.3. The van der Waals surface area contributed by atoms with E-state index in [1.807, 2.05) is 58.0 Å².